The van der Waals surface area contributed by atoms with Crippen LogP contribution in [0.15, 0.2) is 16.6 Å². The summed E-state index contributed by atoms with van der Waals surface area (Å²) in [4.78, 5) is 0. The average Bonchev–Trinajstić information content (AvgIpc) is 2.96. The number of halogens is 4. The third kappa shape index (κ3) is 2.93. The van der Waals surface area contributed by atoms with Gasteiger partial charge in [0.15, 0.2) is 0 Å². The largest absolute Gasteiger partial charge is 0.324 e. The van der Waals surface area contributed by atoms with Crippen LogP contribution in [0.3, 0.4) is 0 Å². The molecule has 0 aromatic heterocycles. The Morgan fingerprint density at radius 3 is 2.56 bits per heavy atom. The summed E-state index contributed by atoms with van der Waals surface area (Å²) in [6, 6.07) is 2.07. The molecule has 2 N–H and O–H groups in total. The van der Waals surface area contributed by atoms with E-state index >= 15 is 0 Å². The number of nitrogens with two attached hydrogens (primary N) is 1. The molecule has 1 aromatic rings. The van der Waals surface area contributed by atoms with Gasteiger partial charge in [0.2, 0.25) is 0 Å². The van der Waals surface area contributed by atoms with Crippen LogP contribution in [0.1, 0.15) is 30.9 Å². The van der Waals surface area contributed by atoms with Gasteiger partial charge in [-0.3, -0.25) is 0 Å². The van der Waals surface area contributed by atoms with Crippen molar-refractivity contribution in [3.05, 3.63) is 33.8 Å². The zero-order chi connectivity index (χ0) is 11.0. The normalized spacial score (nSPS) is 16.8. The van der Waals surface area contributed by atoms with Crippen LogP contribution >= 0.6 is 28.3 Å². The third-order valence-corrected chi connectivity index (χ3v) is 3.35. The van der Waals surface area contributed by atoms with E-state index in [1.54, 1.807) is 0 Å². The van der Waals surface area contributed by atoms with Crippen molar-refractivity contribution in [1.29, 1.82) is 0 Å². The van der Waals surface area contributed by atoms with E-state index in [0.29, 0.717) is 12.3 Å². The highest BCUT2D eigenvalue weighted by Crippen LogP contribution is 2.38. The van der Waals surface area contributed by atoms with Crippen molar-refractivity contribution in [2.45, 2.75) is 25.3 Å². The lowest BCUT2D eigenvalue weighted by atomic mass is 10.0. The van der Waals surface area contributed by atoms with Gasteiger partial charge in [0, 0.05) is 11.6 Å². The molecule has 90 valence electrons. The maximum atomic E-state index is 13.6. The van der Waals surface area contributed by atoms with Gasteiger partial charge in [0.1, 0.15) is 11.6 Å². The van der Waals surface area contributed by atoms with Crippen molar-refractivity contribution < 1.29 is 8.78 Å². The maximum Gasteiger partial charge on any atom is 0.145 e. The smallest absolute Gasteiger partial charge is 0.145 e. The Morgan fingerprint density at radius 1 is 1.38 bits per heavy atom. The van der Waals surface area contributed by atoms with Crippen LogP contribution in [0.25, 0.3) is 0 Å². The molecule has 0 saturated heterocycles. The molecule has 1 nitrogen and oxygen atoms in total. The van der Waals surface area contributed by atoms with Crippen LogP contribution in [0, 0.1) is 17.6 Å². The van der Waals surface area contributed by atoms with E-state index in [4.69, 9.17) is 5.73 Å². The van der Waals surface area contributed by atoms with Crippen LogP contribution in [0.5, 0.6) is 0 Å². The topological polar surface area (TPSA) is 26.0 Å². The lowest BCUT2D eigenvalue weighted by Crippen LogP contribution is -2.15. The fraction of sp³-hybridized carbons (Fsp3) is 0.455. The van der Waals surface area contributed by atoms with E-state index in [1.807, 2.05) is 0 Å². The Balaban J connectivity index is 0.00000128. The van der Waals surface area contributed by atoms with Gasteiger partial charge in [-0.25, -0.2) is 8.78 Å². The highest BCUT2D eigenvalue weighted by atomic mass is 79.9. The molecule has 1 fully saturated rings. The molecular formula is C11H13BrClF2N. The average molecular weight is 313 g/mol. The zero-order valence-electron chi connectivity index (χ0n) is 8.55. The Kier molecular flexibility index (Phi) is 4.71. The monoisotopic (exact) mass is 311 g/mol. The summed E-state index contributed by atoms with van der Waals surface area (Å²) >= 11 is 3.03. The van der Waals surface area contributed by atoms with Crippen molar-refractivity contribution in [3.63, 3.8) is 0 Å². The molecule has 1 aliphatic rings. The Morgan fingerprint density at radius 2 is 2.00 bits per heavy atom. The van der Waals surface area contributed by atoms with E-state index in [0.717, 1.165) is 12.8 Å². The van der Waals surface area contributed by atoms with Gasteiger partial charge in [0.05, 0.1) is 4.47 Å². The first kappa shape index (κ1) is 13.9. The maximum absolute atomic E-state index is 13.6. The first-order chi connectivity index (χ1) is 7.09. The Hall–Kier alpha value is -0.190. The van der Waals surface area contributed by atoms with Gasteiger partial charge >= 0.3 is 0 Å². The molecule has 5 heteroatoms. The third-order valence-electron chi connectivity index (χ3n) is 2.73. The first-order valence-corrected chi connectivity index (χ1v) is 5.78. The minimum atomic E-state index is -0.567. The highest BCUT2D eigenvalue weighted by molar-refractivity contribution is 9.10. The van der Waals surface area contributed by atoms with Gasteiger partial charge in [-0.15, -0.1) is 12.4 Å². The van der Waals surface area contributed by atoms with Crippen LogP contribution in [-0.2, 0) is 0 Å². The summed E-state index contributed by atoms with van der Waals surface area (Å²) < 4.78 is 27.3. The van der Waals surface area contributed by atoms with E-state index in [-0.39, 0.29) is 22.4 Å². The lowest BCUT2D eigenvalue weighted by Gasteiger charge is -2.14. The highest BCUT2D eigenvalue weighted by Gasteiger charge is 2.27. The molecule has 1 saturated carbocycles. The second-order valence-corrected chi connectivity index (χ2v) is 4.90. The summed E-state index contributed by atoms with van der Waals surface area (Å²) in [5.41, 5.74) is 5.82. The molecule has 0 unspecified atom stereocenters. The summed E-state index contributed by atoms with van der Waals surface area (Å²) in [6.45, 7) is 0. The van der Waals surface area contributed by atoms with E-state index in [9.17, 15) is 8.78 Å². The predicted molar refractivity (Wildman–Crippen MR) is 65.6 cm³/mol. The molecule has 0 bridgehead atoms. The summed E-state index contributed by atoms with van der Waals surface area (Å²) in [7, 11) is 0. The van der Waals surface area contributed by atoms with Gasteiger partial charge in [0.25, 0.3) is 0 Å². The Bertz CT molecular complexity index is 382. The van der Waals surface area contributed by atoms with Crippen LogP contribution in [-0.4, -0.2) is 0 Å². The van der Waals surface area contributed by atoms with Crippen molar-refractivity contribution in [1.82, 2.24) is 0 Å². The molecule has 1 atom stereocenters. The Labute approximate surface area is 108 Å². The summed E-state index contributed by atoms with van der Waals surface area (Å²) in [5, 5.41) is 0. The molecule has 16 heavy (non-hydrogen) atoms. The standard InChI is InChI=1S/C11H12BrF2N.ClH/c12-7-3-4-8(13)10(11(7)14)9(15)5-6-1-2-6;/h3-4,6,9H,1-2,5,15H2;1H/t9-;/m1./s1. The zero-order valence-corrected chi connectivity index (χ0v) is 11.0. The first-order valence-electron chi connectivity index (χ1n) is 4.98. The molecule has 1 aliphatic carbocycles. The second kappa shape index (κ2) is 5.43. The van der Waals surface area contributed by atoms with E-state index in [2.05, 4.69) is 15.9 Å². The number of benzene rings is 1. The number of hydrogen-bond donors (Lipinski definition) is 1. The molecular weight excluding hydrogens is 299 g/mol. The van der Waals surface area contributed by atoms with Gasteiger partial charge in [-0.2, -0.15) is 0 Å². The van der Waals surface area contributed by atoms with E-state index < -0.39 is 17.7 Å². The molecule has 1 aromatic carbocycles. The van der Waals surface area contributed by atoms with Gasteiger partial charge in [-0.1, -0.05) is 12.8 Å². The second-order valence-electron chi connectivity index (χ2n) is 4.04. The minimum Gasteiger partial charge on any atom is -0.324 e. The fourth-order valence-electron chi connectivity index (χ4n) is 1.71. The molecule has 0 amide bonds. The summed E-state index contributed by atoms with van der Waals surface area (Å²) in [5.74, 6) is -0.565. The lowest BCUT2D eigenvalue weighted by molar-refractivity contribution is 0.496. The summed E-state index contributed by atoms with van der Waals surface area (Å²) in [6.07, 6.45) is 2.93. The van der Waals surface area contributed by atoms with Crippen LogP contribution < -0.4 is 5.73 Å². The van der Waals surface area contributed by atoms with Gasteiger partial charge < -0.3 is 5.73 Å². The number of hydrogen-bond acceptors (Lipinski definition) is 1. The molecule has 2 rings (SSSR count). The molecule has 0 aliphatic heterocycles. The van der Waals surface area contributed by atoms with Crippen molar-refractivity contribution in [2.24, 2.45) is 11.7 Å². The van der Waals surface area contributed by atoms with Crippen molar-refractivity contribution >= 4 is 28.3 Å². The van der Waals surface area contributed by atoms with Crippen LogP contribution in [0.2, 0.25) is 0 Å². The minimum absolute atomic E-state index is 0. The van der Waals surface area contributed by atoms with Crippen LogP contribution in [0.4, 0.5) is 8.78 Å². The molecule has 0 spiro atoms. The van der Waals surface area contributed by atoms with Gasteiger partial charge in [-0.05, 0) is 40.4 Å². The fourth-order valence-corrected chi connectivity index (χ4v) is 2.06. The SMILES string of the molecule is Cl.N[C@H](CC1CC1)c1c(F)ccc(Br)c1F. The molecule has 0 heterocycles. The van der Waals surface area contributed by atoms with Crippen molar-refractivity contribution in [2.75, 3.05) is 0 Å². The van der Waals surface area contributed by atoms with Crippen molar-refractivity contribution in [3.8, 4) is 0 Å². The predicted octanol–water partition coefficient (Wildman–Crippen LogP) is 3.95. The quantitative estimate of drug-likeness (QED) is 0.840. The molecule has 0 radical (unpaired) electrons. The van der Waals surface area contributed by atoms with E-state index in [1.165, 1.54) is 12.1 Å². The number of rotatable bonds is 3.